The number of carbonyl (C=O) groups excluding carboxylic acids is 1. The predicted octanol–water partition coefficient (Wildman–Crippen LogP) is 1.69. The molecule has 1 aromatic rings. The van der Waals surface area contributed by atoms with E-state index < -0.39 is 5.60 Å². The van der Waals surface area contributed by atoms with Crippen LogP contribution in [0.2, 0.25) is 0 Å². The number of methoxy groups -OCH3 is 1. The number of carbonyl (C=O) groups is 1. The van der Waals surface area contributed by atoms with E-state index in [-0.39, 0.29) is 5.91 Å². The number of hydrogen-bond donors (Lipinski definition) is 1. The average Bonchev–Trinajstić information content (AvgIpc) is 3.26. The molecule has 4 heteroatoms. The van der Waals surface area contributed by atoms with Crippen molar-refractivity contribution in [2.75, 3.05) is 20.2 Å². The monoisotopic (exact) mass is 273 g/mol. The lowest BCUT2D eigenvalue weighted by Crippen LogP contribution is -2.64. The predicted molar refractivity (Wildman–Crippen MR) is 76.3 cm³/mol. The molecule has 1 amide bonds. The molecule has 1 N–H and O–H groups in total. The number of nitrogens with zero attached hydrogens (tertiary/aromatic N) is 1. The summed E-state index contributed by atoms with van der Waals surface area (Å²) in [6.07, 6.45) is 5.49. The number of aliphatic hydroxyl groups is 1. The fraction of sp³-hybridized carbons (Fsp3) is 0.438. The molecular formula is C16H19NO3. The van der Waals surface area contributed by atoms with E-state index in [1.807, 2.05) is 24.3 Å². The molecule has 0 unspecified atom stereocenters. The first-order valence-corrected chi connectivity index (χ1v) is 6.95. The van der Waals surface area contributed by atoms with Gasteiger partial charge in [0.1, 0.15) is 11.4 Å². The second kappa shape index (κ2) is 4.94. The number of rotatable bonds is 4. The molecule has 0 radical (unpaired) electrons. The van der Waals surface area contributed by atoms with Crippen molar-refractivity contribution in [2.45, 2.75) is 18.4 Å². The molecule has 20 heavy (non-hydrogen) atoms. The van der Waals surface area contributed by atoms with Gasteiger partial charge in [0.2, 0.25) is 5.91 Å². The van der Waals surface area contributed by atoms with Crippen molar-refractivity contribution in [3.63, 3.8) is 0 Å². The van der Waals surface area contributed by atoms with Crippen LogP contribution in [0.1, 0.15) is 18.4 Å². The van der Waals surface area contributed by atoms with Crippen LogP contribution in [-0.2, 0) is 4.79 Å². The van der Waals surface area contributed by atoms with Crippen LogP contribution in [0.5, 0.6) is 5.75 Å². The Morgan fingerprint density at radius 2 is 2.10 bits per heavy atom. The summed E-state index contributed by atoms with van der Waals surface area (Å²) in [5.74, 6) is 1.10. The third-order valence-corrected chi connectivity index (χ3v) is 4.12. The molecule has 2 fully saturated rings. The summed E-state index contributed by atoms with van der Waals surface area (Å²) in [7, 11) is 1.61. The van der Waals surface area contributed by atoms with Crippen molar-refractivity contribution in [1.82, 2.24) is 4.90 Å². The Morgan fingerprint density at radius 1 is 1.40 bits per heavy atom. The number of para-hydroxylation sites is 1. The maximum atomic E-state index is 12.0. The minimum Gasteiger partial charge on any atom is -0.496 e. The molecule has 1 saturated carbocycles. The molecule has 1 aromatic carbocycles. The zero-order chi connectivity index (χ0) is 14.2. The standard InChI is InChI=1S/C16H19NO3/c1-20-14-5-3-2-4-12(14)6-9-15(18)17-10-16(19,11-17)13-7-8-13/h2-6,9,13,19H,7-8,10-11H2,1H3. The highest BCUT2D eigenvalue weighted by Gasteiger charge is 2.52. The SMILES string of the molecule is COc1ccccc1C=CC(=O)N1CC(O)(C2CC2)C1. The zero-order valence-corrected chi connectivity index (χ0v) is 11.6. The first kappa shape index (κ1) is 13.2. The van der Waals surface area contributed by atoms with Gasteiger partial charge >= 0.3 is 0 Å². The van der Waals surface area contributed by atoms with Crippen LogP contribution in [0.4, 0.5) is 0 Å². The number of β-amino-alcohol motifs (C(OH)–C–C–N with tert-alkyl or cyclic N) is 1. The van der Waals surface area contributed by atoms with Gasteiger partial charge in [0.05, 0.1) is 20.2 Å². The first-order chi connectivity index (χ1) is 9.62. The van der Waals surface area contributed by atoms with Crippen molar-refractivity contribution in [3.8, 4) is 5.75 Å². The molecule has 2 aliphatic rings. The lowest BCUT2D eigenvalue weighted by atomic mass is 9.88. The Kier molecular flexibility index (Phi) is 3.26. The summed E-state index contributed by atoms with van der Waals surface area (Å²) in [4.78, 5) is 13.7. The molecular weight excluding hydrogens is 254 g/mol. The molecule has 0 spiro atoms. The van der Waals surface area contributed by atoms with Crippen LogP contribution in [0.3, 0.4) is 0 Å². The Balaban J connectivity index is 1.60. The summed E-state index contributed by atoms with van der Waals surface area (Å²) in [5, 5.41) is 10.2. The maximum absolute atomic E-state index is 12.0. The van der Waals surface area contributed by atoms with Gasteiger partial charge in [-0.15, -0.1) is 0 Å². The summed E-state index contributed by atoms with van der Waals surface area (Å²) in [6.45, 7) is 0.930. The molecule has 1 aliphatic carbocycles. The molecule has 0 atom stereocenters. The lowest BCUT2D eigenvalue weighted by molar-refractivity contribution is -0.154. The van der Waals surface area contributed by atoms with E-state index in [1.54, 1.807) is 24.2 Å². The van der Waals surface area contributed by atoms with E-state index in [0.29, 0.717) is 19.0 Å². The minimum absolute atomic E-state index is 0.0544. The summed E-state index contributed by atoms with van der Waals surface area (Å²) < 4.78 is 5.24. The van der Waals surface area contributed by atoms with Gasteiger partial charge in [0.15, 0.2) is 0 Å². The second-order valence-corrected chi connectivity index (χ2v) is 5.65. The second-order valence-electron chi connectivity index (χ2n) is 5.65. The highest BCUT2D eigenvalue weighted by atomic mass is 16.5. The number of benzene rings is 1. The Bertz CT molecular complexity index is 542. The van der Waals surface area contributed by atoms with Gasteiger partial charge in [-0.1, -0.05) is 18.2 Å². The molecule has 1 heterocycles. The molecule has 106 valence electrons. The van der Waals surface area contributed by atoms with Crippen molar-refractivity contribution in [1.29, 1.82) is 0 Å². The number of likely N-dealkylation sites (tertiary alicyclic amines) is 1. The van der Waals surface area contributed by atoms with Crippen LogP contribution in [0, 0.1) is 5.92 Å². The van der Waals surface area contributed by atoms with Crippen molar-refractivity contribution in [3.05, 3.63) is 35.9 Å². The maximum Gasteiger partial charge on any atom is 0.246 e. The minimum atomic E-state index is -0.617. The topological polar surface area (TPSA) is 49.8 Å². The van der Waals surface area contributed by atoms with Gasteiger partial charge in [0.25, 0.3) is 0 Å². The van der Waals surface area contributed by atoms with E-state index in [4.69, 9.17) is 4.74 Å². The average molecular weight is 273 g/mol. The highest BCUT2D eigenvalue weighted by Crippen LogP contribution is 2.44. The van der Waals surface area contributed by atoms with Gasteiger partial charge in [-0.05, 0) is 30.9 Å². The quantitative estimate of drug-likeness (QED) is 0.849. The van der Waals surface area contributed by atoms with Crippen LogP contribution >= 0.6 is 0 Å². The fourth-order valence-electron chi connectivity index (χ4n) is 2.72. The van der Waals surface area contributed by atoms with E-state index in [0.717, 1.165) is 24.2 Å². The van der Waals surface area contributed by atoms with Crippen LogP contribution in [-0.4, -0.2) is 41.7 Å². The van der Waals surface area contributed by atoms with Gasteiger partial charge in [-0.2, -0.15) is 0 Å². The van der Waals surface area contributed by atoms with Crippen LogP contribution < -0.4 is 4.74 Å². The Hall–Kier alpha value is -1.81. The molecule has 1 saturated heterocycles. The zero-order valence-electron chi connectivity index (χ0n) is 11.6. The van der Waals surface area contributed by atoms with Crippen molar-refractivity contribution >= 4 is 12.0 Å². The number of hydrogen-bond acceptors (Lipinski definition) is 3. The summed E-state index contributed by atoms with van der Waals surface area (Å²) in [6, 6.07) is 7.56. The number of amides is 1. The molecule has 0 bridgehead atoms. The van der Waals surface area contributed by atoms with Crippen molar-refractivity contribution < 1.29 is 14.6 Å². The molecule has 3 rings (SSSR count). The molecule has 4 nitrogen and oxygen atoms in total. The van der Waals surface area contributed by atoms with E-state index in [1.165, 1.54) is 0 Å². The smallest absolute Gasteiger partial charge is 0.246 e. The number of ether oxygens (including phenoxy) is 1. The highest BCUT2D eigenvalue weighted by molar-refractivity contribution is 5.92. The van der Waals surface area contributed by atoms with Gasteiger partial charge < -0.3 is 14.7 Å². The Labute approximate surface area is 118 Å². The van der Waals surface area contributed by atoms with E-state index in [9.17, 15) is 9.90 Å². The molecule has 0 aromatic heterocycles. The fourth-order valence-corrected chi connectivity index (χ4v) is 2.72. The van der Waals surface area contributed by atoms with Gasteiger partial charge in [-0.3, -0.25) is 4.79 Å². The van der Waals surface area contributed by atoms with E-state index >= 15 is 0 Å². The summed E-state index contributed by atoms with van der Waals surface area (Å²) >= 11 is 0. The van der Waals surface area contributed by atoms with Gasteiger partial charge in [-0.25, -0.2) is 0 Å². The Morgan fingerprint density at radius 3 is 2.75 bits per heavy atom. The largest absolute Gasteiger partial charge is 0.496 e. The van der Waals surface area contributed by atoms with Gasteiger partial charge in [0, 0.05) is 11.6 Å². The van der Waals surface area contributed by atoms with Crippen LogP contribution in [0.25, 0.3) is 6.08 Å². The third kappa shape index (κ3) is 2.43. The molecule has 1 aliphatic heterocycles. The van der Waals surface area contributed by atoms with Crippen LogP contribution in [0.15, 0.2) is 30.3 Å². The lowest BCUT2D eigenvalue weighted by Gasteiger charge is -2.46. The van der Waals surface area contributed by atoms with Crippen molar-refractivity contribution in [2.24, 2.45) is 5.92 Å². The summed E-state index contributed by atoms with van der Waals surface area (Å²) in [5.41, 5.74) is 0.259. The normalized spacial score (nSPS) is 20.8. The third-order valence-electron chi connectivity index (χ3n) is 4.12. The van der Waals surface area contributed by atoms with E-state index in [2.05, 4.69) is 0 Å². The first-order valence-electron chi connectivity index (χ1n) is 6.95.